The van der Waals surface area contributed by atoms with Gasteiger partial charge in [0.15, 0.2) is 5.82 Å². The number of benzene rings is 2. The van der Waals surface area contributed by atoms with Gasteiger partial charge in [0.2, 0.25) is 0 Å². The summed E-state index contributed by atoms with van der Waals surface area (Å²) in [7, 11) is 1.65. The highest BCUT2D eigenvalue weighted by molar-refractivity contribution is 5.83. The standard InChI is InChI=1S/C33H27N5O2/c1-39-32-22-30(40-23-28-6-2-4-17-34-28)15-12-26(32)11-14-29-21-27(37-38(29)33-7-3-5-18-36-33)13-9-24-8-10-25-16-19-35-31(25)20-24/h2-22,35H,23H2,1H3/b13-9+,14-11+. The summed E-state index contributed by atoms with van der Waals surface area (Å²) in [5, 5.41) is 6.01. The number of H-pyrrole nitrogens is 1. The quantitative estimate of drug-likeness (QED) is 0.218. The third-order valence-electron chi connectivity index (χ3n) is 6.40. The van der Waals surface area contributed by atoms with Crippen LogP contribution >= 0.6 is 0 Å². The molecule has 0 aliphatic carbocycles. The fraction of sp³-hybridized carbons (Fsp3) is 0.0606. The summed E-state index contributed by atoms with van der Waals surface area (Å²) >= 11 is 0. The molecule has 0 aliphatic rings. The van der Waals surface area contributed by atoms with Gasteiger partial charge in [0.1, 0.15) is 18.1 Å². The van der Waals surface area contributed by atoms with E-state index in [-0.39, 0.29) is 0 Å². The van der Waals surface area contributed by atoms with Crippen molar-refractivity contribution in [2.75, 3.05) is 7.11 Å². The molecule has 0 radical (unpaired) electrons. The molecule has 0 fully saturated rings. The Morgan fingerprint density at radius 3 is 2.55 bits per heavy atom. The lowest BCUT2D eigenvalue weighted by Crippen LogP contribution is -2.01. The summed E-state index contributed by atoms with van der Waals surface area (Å²) in [6, 6.07) is 27.7. The average molecular weight is 526 g/mol. The first-order valence-corrected chi connectivity index (χ1v) is 12.9. The molecule has 0 saturated heterocycles. The van der Waals surface area contributed by atoms with Crippen molar-refractivity contribution in [2.24, 2.45) is 0 Å². The highest BCUT2D eigenvalue weighted by Crippen LogP contribution is 2.27. The topological polar surface area (TPSA) is 77.9 Å². The van der Waals surface area contributed by atoms with Crippen molar-refractivity contribution in [2.45, 2.75) is 6.61 Å². The second kappa shape index (κ2) is 11.5. The highest BCUT2D eigenvalue weighted by atomic mass is 16.5. The molecule has 0 atom stereocenters. The van der Waals surface area contributed by atoms with Gasteiger partial charge in [-0.05, 0) is 83.8 Å². The molecule has 1 N–H and O–H groups in total. The normalized spacial score (nSPS) is 11.5. The number of methoxy groups -OCH3 is 1. The maximum atomic E-state index is 5.92. The summed E-state index contributed by atoms with van der Waals surface area (Å²) < 4.78 is 13.4. The van der Waals surface area contributed by atoms with Crippen LogP contribution in [0.4, 0.5) is 0 Å². The molecule has 6 rings (SSSR count). The summed E-state index contributed by atoms with van der Waals surface area (Å²) in [6.45, 7) is 0.387. The van der Waals surface area contributed by atoms with E-state index in [0.717, 1.165) is 39.5 Å². The van der Waals surface area contributed by atoms with Crippen LogP contribution in [0, 0.1) is 0 Å². The van der Waals surface area contributed by atoms with Crippen molar-refractivity contribution >= 4 is 35.2 Å². The summed E-state index contributed by atoms with van der Waals surface area (Å²) in [5.41, 5.74) is 5.68. The number of ether oxygens (including phenoxy) is 2. The zero-order valence-corrected chi connectivity index (χ0v) is 21.9. The zero-order chi connectivity index (χ0) is 27.1. The van der Waals surface area contributed by atoms with Crippen molar-refractivity contribution in [3.05, 3.63) is 132 Å². The predicted octanol–water partition coefficient (Wildman–Crippen LogP) is 7.07. The maximum Gasteiger partial charge on any atom is 0.153 e. The van der Waals surface area contributed by atoms with Gasteiger partial charge in [-0.15, -0.1) is 0 Å². The zero-order valence-electron chi connectivity index (χ0n) is 21.9. The van der Waals surface area contributed by atoms with Crippen LogP contribution in [-0.2, 0) is 6.61 Å². The van der Waals surface area contributed by atoms with E-state index in [4.69, 9.17) is 14.6 Å². The van der Waals surface area contributed by atoms with Crippen molar-refractivity contribution in [1.29, 1.82) is 0 Å². The Hall–Kier alpha value is -5.43. The summed E-state index contributed by atoms with van der Waals surface area (Å²) in [6.07, 6.45) is 13.6. The Morgan fingerprint density at radius 2 is 1.73 bits per heavy atom. The minimum Gasteiger partial charge on any atom is -0.496 e. The highest BCUT2D eigenvalue weighted by Gasteiger charge is 2.09. The largest absolute Gasteiger partial charge is 0.496 e. The number of aromatic nitrogens is 5. The molecule has 40 heavy (non-hydrogen) atoms. The van der Waals surface area contributed by atoms with Gasteiger partial charge < -0.3 is 14.5 Å². The van der Waals surface area contributed by atoms with E-state index in [1.807, 2.05) is 89.8 Å². The summed E-state index contributed by atoms with van der Waals surface area (Å²) in [5.74, 6) is 2.15. The van der Waals surface area contributed by atoms with Crippen LogP contribution in [0.3, 0.4) is 0 Å². The van der Waals surface area contributed by atoms with Gasteiger partial charge in [0.25, 0.3) is 0 Å². The Kier molecular flexibility index (Phi) is 7.17. The van der Waals surface area contributed by atoms with E-state index in [9.17, 15) is 0 Å². The fourth-order valence-corrected chi connectivity index (χ4v) is 4.36. The van der Waals surface area contributed by atoms with Gasteiger partial charge in [-0.1, -0.05) is 30.3 Å². The number of fused-ring (bicyclic) bond motifs is 1. The van der Waals surface area contributed by atoms with Crippen LogP contribution in [0.15, 0.2) is 104 Å². The lowest BCUT2D eigenvalue weighted by molar-refractivity contribution is 0.299. The van der Waals surface area contributed by atoms with Crippen molar-refractivity contribution in [1.82, 2.24) is 24.7 Å². The van der Waals surface area contributed by atoms with E-state index in [1.54, 1.807) is 19.5 Å². The van der Waals surface area contributed by atoms with Crippen molar-refractivity contribution < 1.29 is 9.47 Å². The monoisotopic (exact) mass is 525 g/mol. The predicted molar refractivity (Wildman–Crippen MR) is 159 cm³/mol. The molecule has 0 aliphatic heterocycles. The third-order valence-corrected chi connectivity index (χ3v) is 6.40. The minimum atomic E-state index is 0.387. The van der Waals surface area contributed by atoms with Gasteiger partial charge >= 0.3 is 0 Å². The lowest BCUT2D eigenvalue weighted by atomic mass is 10.1. The summed E-state index contributed by atoms with van der Waals surface area (Å²) in [4.78, 5) is 12.1. The molecular weight excluding hydrogens is 498 g/mol. The Balaban J connectivity index is 1.26. The molecule has 6 aromatic rings. The van der Waals surface area contributed by atoms with E-state index < -0.39 is 0 Å². The number of hydrogen-bond acceptors (Lipinski definition) is 5. The molecule has 196 valence electrons. The molecule has 0 unspecified atom stereocenters. The number of nitrogens with one attached hydrogen (secondary N) is 1. The van der Waals surface area contributed by atoms with E-state index in [0.29, 0.717) is 18.1 Å². The third kappa shape index (κ3) is 5.68. The molecule has 7 heteroatoms. The molecule has 7 nitrogen and oxygen atoms in total. The van der Waals surface area contributed by atoms with E-state index in [1.165, 1.54) is 5.39 Å². The van der Waals surface area contributed by atoms with Crippen LogP contribution in [0.1, 0.15) is 28.2 Å². The van der Waals surface area contributed by atoms with Crippen LogP contribution in [0.2, 0.25) is 0 Å². The Bertz CT molecular complexity index is 1790. The molecule has 0 amide bonds. The number of pyridine rings is 2. The molecule has 2 aromatic carbocycles. The van der Waals surface area contributed by atoms with Gasteiger partial charge in [-0.3, -0.25) is 4.98 Å². The Labute approximate surface area is 232 Å². The maximum absolute atomic E-state index is 5.92. The van der Waals surface area contributed by atoms with Crippen LogP contribution in [0.5, 0.6) is 11.5 Å². The van der Waals surface area contributed by atoms with E-state index in [2.05, 4.69) is 45.3 Å². The lowest BCUT2D eigenvalue weighted by Gasteiger charge is -2.10. The fourth-order valence-electron chi connectivity index (χ4n) is 4.36. The molecule has 4 heterocycles. The molecule has 0 bridgehead atoms. The van der Waals surface area contributed by atoms with Gasteiger partial charge in [-0.2, -0.15) is 5.10 Å². The molecule has 4 aromatic heterocycles. The molecular formula is C33H27N5O2. The van der Waals surface area contributed by atoms with Crippen molar-refractivity contribution in [3.8, 4) is 17.3 Å². The van der Waals surface area contributed by atoms with Gasteiger partial charge in [0, 0.05) is 35.7 Å². The number of rotatable bonds is 9. The molecule has 0 saturated carbocycles. The molecule has 0 spiro atoms. The van der Waals surface area contributed by atoms with Gasteiger partial charge in [-0.25, -0.2) is 9.67 Å². The first kappa shape index (κ1) is 24.9. The van der Waals surface area contributed by atoms with Crippen LogP contribution in [-0.4, -0.2) is 31.8 Å². The minimum absolute atomic E-state index is 0.387. The van der Waals surface area contributed by atoms with Crippen LogP contribution < -0.4 is 9.47 Å². The second-order valence-electron chi connectivity index (χ2n) is 9.10. The SMILES string of the molecule is COc1cc(OCc2ccccn2)ccc1/C=C/c1cc(/C=C/c2ccc3cc[nH]c3c2)nn1-c1ccccn1. The Morgan fingerprint density at radius 1 is 0.825 bits per heavy atom. The average Bonchev–Trinajstić information content (AvgIpc) is 3.66. The van der Waals surface area contributed by atoms with Gasteiger partial charge in [0.05, 0.1) is 24.2 Å². The van der Waals surface area contributed by atoms with Crippen molar-refractivity contribution in [3.63, 3.8) is 0 Å². The van der Waals surface area contributed by atoms with E-state index >= 15 is 0 Å². The number of hydrogen-bond donors (Lipinski definition) is 1. The first-order chi connectivity index (χ1) is 19.7. The smallest absolute Gasteiger partial charge is 0.153 e. The first-order valence-electron chi connectivity index (χ1n) is 12.9. The number of aromatic amines is 1. The second-order valence-corrected chi connectivity index (χ2v) is 9.10. The van der Waals surface area contributed by atoms with Crippen LogP contribution in [0.25, 0.3) is 41.0 Å². The number of nitrogens with zero attached hydrogens (tertiary/aromatic N) is 4.